The predicted octanol–water partition coefficient (Wildman–Crippen LogP) is -0.454. The number of nitrogens with zero attached hydrogens (tertiary/aromatic N) is 1. The van der Waals surface area contributed by atoms with Gasteiger partial charge in [0.05, 0.1) is 25.4 Å². The van der Waals surface area contributed by atoms with Gasteiger partial charge in [0.25, 0.3) is 0 Å². The van der Waals surface area contributed by atoms with E-state index in [1.54, 1.807) is 0 Å². The smallest absolute Gasteiger partial charge is 0.122 e. The summed E-state index contributed by atoms with van der Waals surface area (Å²) in [6, 6.07) is 7.31. The molecule has 2 saturated heterocycles. The van der Waals surface area contributed by atoms with E-state index < -0.39 is 24.4 Å². The van der Waals surface area contributed by atoms with Gasteiger partial charge in [-0.2, -0.15) is 0 Å². The second-order valence-electron chi connectivity index (χ2n) is 7.14. The van der Waals surface area contributed by atoms with Gasteiger partial charge in [-0.1, -0.05) is 12.1 Å². The molecule has 2 fully saturated rings. The van der Waals surface area contributed by atoms with Gasteiger partial charge in [0.1, 0.15) is 24.1 Å². The Labute approximate surface area is 153 Å². The van der Waals surface area contributed by atoms with Gasteiger partial charge in [-0.05, 0) is 37.0 Å². The van der Waals surface area contributed by atoms with Gasteiger partial charge < -0.3 is 29.9 Å². The Hall–Kier alpha value is -1.22. The van der Waals surface area contributed by atoms with E-state index in [9.17, 15) is 20.4 Å². The molecule has 0 spiro atoms. The minimum Gasteiger partial charge on any atom is -0.488 e. The molecule has 7 nitrogen and oxygen atoms in total. The monoisotopic (exact) mass is 367 g/mol. The first-order valence-corrected chi connectivity index (χ1v) is 9.31. The number of likely N-dealkylation sites (tertiary alicyclic amines) is 1. The van der Waals surface area contributed by atoms with Crippen molar-refractivity contribution in [3.8, 4) is 5.75 Å². The molecule has 0 aromatic heterocycles. The van der Waals surface area contributed by atoms with Crippen LogP contribution in [-0.2, 0) is 11.2 Å². The largest absolute Gasteiger partial charge is 0.488 e. The summed E-state index contributed by atoms with van der Waals surface area (Å²) in [5.41, 5.74) is 1.10. The van der Waals surface area contributed by atoms with Crippen LogP contribution in [0.5, 0.6) is 5.75 Å². The Morgan fingerprint density at radius 1 is 1.12 bits per heavy atom. The van der Waals surface area contributed by atoms with Crippen molar-refractivity contribution in [3.63, 3.8) is 0 Å². The normalized spacial score (nSPS) is 33.2. The van der Waals surface area contributed by atoms with E-state index in [1.807, 2.05) is 29.2 Å². The first-order chi connectivity index (χ1) is 12.6. The van der Waals surface area contributed by atoms with Crippen molar-refractivity contribution in [2.45, 2.75) is 49.7 Å². The van der Waals surface area contributed by atoms with Crippen molar-refractivity contribution in [1.82, 2.24) is 4.90 Å². The molecule has 1 aromatic carbocycles. The number of hydrogen-bond acceptors (Lipinski definition) is 7. The fourth-order valence-electron chi connectivity index (χ4n) is 3.64. The van der Waals surface area contributed by atoms with Gasteiger partial charge >= 0.3 is 0 Å². The van der Waals surface area contributed by atoms with Gasteiger partial charge in [-0.25, -0.2) is 0 Å². The van der Waals surface area contributed by atoms with E-state index in [0.29, 0.717) is 19.6 Å². The van der Waals surface area contributed by atoms with Gasteiger partial charge in [0.2, 0.25) is 0 Å². The first-order valence-electron chi connectivity index (χ1n) is 9.31. The SMILES string of the molecule is OC[C@H]1[C@@H](O)[C@H](O)[C@@H](O)CN1CCc1ccc(OC2CCCOC2)cc1. The maximum absolute atomic E-state index is 10.0. The first kappa shape index (κ1) is 19.5. The van der Waals surface area contributed by atoms with Crippen LogP contribution in [0.25, 0.3) is 0 Å². The Bertz CT molecular complexity index is 547. The average molecular weight is 367 g/mol. The van der Waals surface area contributed by atoms with E-state index in [4.69, 9.17) is 9.47 Å². The summed E-state index contributed by atoms with van der Waals surface area (Å²) in [5, 5.41) is 39.1. The molecule has 146 valence electrons. The van der Waals surface area contributed by atoms with Crippen LogP contribution in [0.15, 0.2) is 24.3 Å². The fraction of sp³-hybridized carbons (Fsp3) is 0.684. The van der Waals surface area contributed by atoms with Crippen LogP contribution in [0.4, 0.5) is 0 Å². The summed E-state index contributed by atoms with van der Waals surface area (Å²) in [6.45, 7) is 1.98. The summed E-state index contributed by atoms with van der Waals surface area (Å²) < 4.78 is 11.3. The lowest BCUT2D eigenvalue weighted by Gasteiger charge is -2.43. The number of aliphatic hydroxyl groups excluding tert-OH is 4. The van der Waals surface area contributed by atoms with Crippen molar-refractivity contribution in [3.05, 3.63) is 29.8 Å². The highest BCUT2D eigenvalue weighted by Gasteiger charge is 2.40. The molecule has 5 atom stereocenters. The number of aliphatic hydroxyl groups is 4. The molecule has 4 N–H and O–H groups in total. The Morgan fingerprint density at radius 3 is 2.54 bits per heavy atom. The quantitative estimate of drug-likeness (QED) is 0.540. The minimum absolute atomic E-state index is 0.114. The Morgan fingerprint density at radius 2 is 1.88 bits per heavy atom. The van der Waals surface area contributed by atoms with E-state index in [0.717, 1.165) is 30.8 Å². The predicted molar refractivity (Wildman–Crippen MR) is 95.1 cm³/mol. The van der Waals surface area contributed by atoms with E-state index in [2.05, 4.69) is 0 Å². The number of ether oxygens (including phenoxy) is 2. The van der Waals surface area contributed by atoms with Gasteiger partial charge in [0, 0.05) is 19.7 Å². The molecule has 0 radical (unpaired) electrons. The third-order valence-corrected chi connectivity index (χ3v) is 5.25. The van der Waals surface area contributed by atoms with E-state index in [-0.39, 0.29) is 19.3 Å². The molecule has 0 bridgehead atoms. The van der Waals surface area contributed by atoms with Crippen molar-refractivity contribution in [2.24, 2.45) is 0 Å². The van der Waals surface area contributed by atoms with Crippen LogP contribution in [0.2, 0.25) is 0 Å². The van der Waals surface area contributed by atoms with Crippen LogP contribution in [0.3, 0.4) is 0 Å². The Balaban J connectivity index is 1.52. The summed E-state index contributed by atoms with van der Waals surface area (Å²) in [7, 11) is 0. The second-order valence-corrected chi connectivity index (χ2v) is 7.14. The zero-order valence-electron chi connectivity index (χ0n) is 14.9. The summed E-state index contributed by atoms with van der Waals surface area (Å²) in [6.07, 6.45) is -0.532. The minimum atomic E-state index is -1.22. The second kappa shape index (κ2) is 9.12. The maximum atomic E-state index is 10.0. The molecule has 0 saturated carbocycles. The number of piperidine rings is 1. The lowest BCUT2D eigenvalue weighted by molar-refractivity contribution is -0.144. The lowest BCUT2D eigenvalue weighted by Crippen LogP contribution is -2.62. The molecule has 0 amide bonds. The van der Waals surface area contributed by atoms with Gasteiger partial charge in [-0.15, -0.1) is 0 Å². The third-order valence-electron chi connectivity index (χ3n) is 5.25. The van der Waals surface area contributed by atoms with Gasteiger partial charge in [-0.3, -0.25) is 4.90 Å². The van der Waals surface area contributed by atoms with Gasteiger partial charge in [0.15, 0.2) is 0 Å². The molecule has 7 heteroatoms. The summed E-state index contributed by atoms with van der Waals surface area (Å²) in [4.78, 5) is 1.83. The van der Waals surface area contributed by atoms with Crippen molar-refractivity contribution >= 4 is 0 Å². The molecule has 2 aliphatic heterocycles. The highest BCUT2D eigenvalue weighted by atomic mass is 16.5. The molecule has 0 aliphatic carbocycles. The lowest BCUT2D eigenvalue weighted by atomic mass is 9.94. The molecule has 1 unspecified atom stereocenters. The number of hydrogen-bond donors (Lipinski definition) is 4. The highest BCUT2D eigenvalue weighted by molar-refractivity contribution is 5.27. The summed E-state index contributed by atoms with van der Waals surface area (Å²) in [5.74, 6) is 0.824. The molecule has 2 aliphatic rings. The average Bonchev–Trinajstić information content (AvgIpc) is 2.66. The van der Waals surface area contributed by atoms with Crippen LogP contribution < -0.4 is 4.74 Å². The van der Waals surface area contributed by atoms with Crippen LogP contribution in [-0.4, -0.2) is 88.7 Å². The highest BCUT2D eigenvalue weighted by Crippen LogP contribution is 2.21. The molecular weight excluding hydrogens is 338 g/mol. The van der Waals surface area contributed by atoms with Crippen LogP contribution >= 0.6 is 0 Å². The summed E-state index contributed by atoms with van der Waals surface area (Å²) >= 11 is 0. The number of benzene rings is 1. The Kier molecular flexibility index (Phi) is 6.86. The number of rotatable bonds is 6. The van der Waals surface area contributed by atoms with E-state index >= 15 is 0 Å². The molecule has 2 heterocycles. The number of β-amino-alcohol motifs (C(OH)–C–C–N with tert-alkyl or cyclic N) is 1. The molecule has 3 rings (SSSR count). The van der Waals surface area contributed by atoms with E-state index in [1.165, 1.54) is 0 Å². The van der Waals surface area contributed by atoms with Crippen molar-refractivity contribution in [2.75, 3.05) is 32.9 Å². The zero-order valence-corrected chi connectivity index (χ0v) is 14.9. The standard InChI is InChI=1S/C19H29NO6/c21-11-16-18(23)19(24)17(22)10-20(16)8-7-13-3-5-14(6-4-13)26-15-2-1-9-25-12-15/h3-6,15-19,21-24H,1-2,7-12H2/t15?,16-,17-,18+,19+/m0/s1. The zero-order chi connectivity index (χ0) is 18.5. The third kappa shape index (κ3) is 4.73. The van der Waals surface area contributed by atoms with Crippen LogP contribution in [0, 0.1) is 0 Å². The molecular formula is C19H29NO6. The molecule has 1 aromatic rings. The fourth-order valence-corrected chi connectivity index (χ4v) is 3.64. The van der Waals surface area contributed by atoms with Crippen LogP contribution in [0.1, 0.15) is 18.4 Å². The van der Waals surface area contributed by atoms with Crippen molar-refractivity contribution in [1.29, 1.82) is 0 Å². The maximum Gasteiger partial charge on any atom is 0.122 e. The van der Waals surface area contributed by atoms with Crippen molar-refractivity contribution < 1.29 is 29.9 Å². The molecule has 26 heavy (non-hydrogen) atoms. The topological polar surface area (TPSA) is 103 Å².